The summed E-state index contributed by atoms with van der Waals surface area (Å²) in [5.74, 6) is -1.15. The lowest BCUT2D eigenvalue weighted by Crippen LogP contribution is -2.30. The third-order valence-electron chi connectivity index (χ3n) is 2.70. The standard InChI is InChI=1S/C11H14N2O6S/c1-8-4-3-5-9(13(16)17)11(8)20(18,19)12(2)7-6-10(14)15/h3-5H,6-7H2,1-2H3,(H,14,15). The number of nitro groups is 1. The number of rotatable bonds is 6. The molecule has 8 nitrogen and oxygen atoms in total. The first kappa shape index (κ1) is 16.1. The Labute approximate surface area is 115 Å². The van der Waals surface area contributed by atoms with Crippen LogP contribution in [0.15, 0.2) is 23.1 Å². The first-order valence-electron chi connectivity index (χ1n) is 5.60. The van der Waals surface area contributed by atoms with Crippen molar-refractivity contribution < 1.29 is 23.2 Å². The van der Waals surface area contributed by atoms with Crippen LogP contribution in [0.1, 0.15) is 12.0 Å². The van der Waals surface area contributed by atoms with E-state index in [1.165, 1.54) is 26.1 Å². The number of aliphatic carboxylic acids is 1. The Morgan fingerprint density at radius 3 is 2.55 bits per heavy atom. The second kappa shape index (κ2) is 5.97. The molecule has 1 aromatic carbocycles. The summed E-state index contributed by atoms with van der Waals surface area (Å²) in [5, 5.41) is 19.5. The average Bonchev–Trinajstić information content (AvgIpc) is 2.34. The Bertz CT molecular complexity index is 640. The molecular formula is C11H14N2O6S. The molecule has 20 heavy (non-hydrogen) atoms. The Hall–Kier alpha value is -2.00. The van der Waals surface area contributed by atoms with Crippen molar-refractivity contribution in [1.29, 1.82) is 0 Å². The van der Waals surface area contributed by atoms with Crippen molar-refractivity contribution in [2.75, 3.05) is 13.6 Å². The van der Waals surface area contributed by atoms with E-state index in [1.54, 1.807) is 0 Å². The summed E-state index contributed by atoms with van der Waals surface area (Å²) in [4.78, 5) is 20.2. The molecular weight excluding hydrogens is 288 g/mol. The van der Waals surface area contributed by atoms with Crippen LogP contribution in [0.2, 0.25) is 0 Å². The Morgan fingerprint density at radius 1 is 1.45 bits per heavy atom. The molecule has 0 saturated heterocycles. The second-order valence-corrected chi connectivity index (χ2v) is 6.13. The SMILES string of the molecule is Cc1cccc([N+](=O)[O-])c1S(=O)(=O)N(C)CCC(=O)O. The Kier molecular flexibility index (Phi) is 4.79. The topological polar surface area (TPSA) is 118 Å². The fourth-order valence-electron chi connectivity index (χ4n) is 1.65. The average molecular weight is 302 g/mol. The van der Waals surface area contributed by atoms with E-state index in [2.05, 4.69) is 0 Å². The number of carbonyl (C=O) groups is 1. The highest BCUT2D eigenvalue weighted by molar-refractivity contribution is 7.89. The van der Waals surface area contributed by atoms with Gasteiger partial charge in [0.25, 0.3) is 5.69 Å². The van der Waals surface area contributed by atoms with Crippen molar-refractivity contribution in [3.05, 3.63) is 33.9 Å². The van der Waals surface area contributed by atoms with Gasteiger partial charge in [-0.15, -0.1) is 0 Å². The summed E-state index contributed by atoms with van der Waals surface area (Å²) in [5.41, 5.74) is -0.284. The molecule has 1 rings (SSSR count). The number of nitro benzene ring substituents is 1. The molecule has 110 valence electrons. The zero-order valence-electron chi connectivity index (χ0n) is 10.9. The van der Waals surface area contributed by atoms with E-state index >= 15 is 0 Å². The molecule has 0 aliphatic carbocycles. The molecule has 0 saturated carbocycles. The van der Waals surface area contributed by atoms with Crippen molar-refractivity contribution >= 4 is 21.7 Å². The molecule has 0 aliphatic heterocycles. The number of sulfonamides is 1. The summed E-state index contributed by atoms with van der Waals surface area (Å²) < 4.78 is 25.4. The van der Waals surface area contributed by atoms with Crippen LogP contribution >= 0.6 is 0 Å². The van der Waals surface area contributed by atoms with Gasteiger partial charge in [-0.2, -0.15) is 0 Å². The van der Waals surface area contributed by atoms with E-state index in [4.69, 9.17) is 5.11 Å². The number of benzene rings is 1. The number of hydrogen-bond donors (Lipinski definition) is 1. The van der Waals surface area contributed by atoms with Gasteiger partial charge in [-0.3, -0.25) is 14.9 Å². The number of nitrogens with zero attached hydrogens (tertiary/aromatic N) is 2. The minimum atomic E-state index is -4.11. The maximum atomic E-state index is 12.3. The number of carboxylic acid groups (broad SMARTS) is 1. The van der Waals surface area contributed by atoms with Gasteiger partial charge in [0.15, 0.2) is 4.90 Å². The molecule has 0 amide bonds. The normalized spacial score (nSPS) is 11.6. The second-order valence-electron chi connectivity index (χ2n) is 4.15. The lowest BCUT2D eigenvalue weighted by Gasteiger charge is -2.17. The third-order valence-corrected chi connectivity index (χ3v) is 4.75. The highest BCUT2D eigenvalue weighted by Crippen LogP contribution is 2.29. The van der Waals surface area contributed by atoms with Gasteiger partial charge in [0, 0.05) is 19.7 Å². The summed E-state index contributed by atoms with van der Waals surface area (Å²) >= 11 is 0. The molecule has 0 fully saturated rings. The minimum Gasteiger partial charge on any atom is -0.481 e. The molecule has 0 heterocycles. The summed E-state index contributed by atoms with van der Waals surface area (Å²) in [7, 11) is -2.92. The fraction of sp³-hybridized carbons (Fsp3) is 0.364. The lowest BCUT2D eigenvalue weighted by molar-refractivity contribution is -0.387. The van der Waals surface area contributed by atoms with Crippen LogP contribution in [0.4, 0.5) is 5.69 Å². The van der Waals surface area contributed by atoms with Crippen molar-refractivity contribution in [3.63, 3.8) is 0 Å². The van der Waals surface area contributed by atoms with Crippen LogP contribution in [0.25, 0.3) is 0 Å². The van der Waals surface area contributed by atoms with Crippen molar-refractivity contribution in [2.24, 2.45) is 0 Å². The van der Waals surface area contributed by atoms with E-state index in [0.717, 1.165) is 10.4 Å². The largest absolute Gasteiger partial charge is 0.481 e. The summed E-state index contributed by atoms with van der Waals surface area (Å²) in [6.07, 6.45) is -0.380. The van der Waals surface area contributed by atoms with Gasteiger partial charge in [0.2, 0.25) is 10.0 Å². The first-order valence-corrected chi connectivity index (χ1v) is 7.04. The number of hydrogen-bond acceptors (Lipinski definition) is 5. The molecule has 0 atom stereocenters. The molecule has 0 bridgehead atoms. The quantitative estimate of drug-likeness (QED) is 0.618. The van der Waals surface area contributed by atoms with Gasteiger partial charge in [-0.25, -0.2) is 12.7 Å². The molecule has 0 aromatic heterocycles. The third kappa shape index (κ3) is 3.31. The number of aryl methyl sites for hydroxylation is 1. The zero-order chi connectivity index (χ0) is 15.5. The van der Waals surface area contributed by atoms with E-state index in [1.807, 2.05) is 0 Å². The Morgan fingerprint density at radius 2 is 2.05 bits per heavy atom. The Balaban J connectivity index is 3.28. The molecule has 0 spiro atoms. The monoisotopic (exact) mass is 302 g/mol. The molecule has 9 heteroatoms. The van der Waals surface area contributed by atoms with Crippen molar-refractivity contribution in [3.8, 4) is 0 Å². The smallest absolute Gasteiger partial charge is 0.304 e. The van der Waals surface area contributed by atoms with E-state index < -0.39 is 31.5 Å². The van der Waals surface area contributed by atoms with Crippen LogP contribution in [0, 0.1) is 17.0 Å². The highest BCUT2D eigenvalue weighted by atomic mass is 32.2. The van der Waals surface area contributed by atoms with Gasteiger partial charge in [-0.1, -0.05) is 12.1 Å². The molecule has 0 radical (unpaired) electrons. The van der Waals surface area contributed by atoms with Gasteiger partial charge in [0.1, 0.15) is 0 Å². The molecule has 0 unspecified atom stereocenters. The van der Waals surface area contributed by atoms with E-state index in [-0.39, 0.29) is 18.5 Å². The molecule has 1 aromatic rings. The summed E-state index contributed by atoms with van der Waals surface area (Å²) in [6.45, 7) is 1.19. The lowest BCUT2D eigenvalue weighted by atomic mass is 10.2. The van der Waals surface area contributed by atoms with Crippen LogP contribution in [-0.2, 0) is 14.8 Å². The number of carboxylic acids is 1. The highest BCUT2D eigenvalue weighted by Gasteiger charge is 2.31. The fourth-order valence-corrected chi connectivity index (χ4v) is 3.17. The van der Waals surface area contributed by atoms with Gasteiger partial charge in [-0.05, 0) is 12.5 Å². The minimum absolute atomic E-state index is 0.237. The van der Waals surface area contributed by atoms with Gasteiger partial charge < -0.3 is 5.11 Å². The molecule has 1 N–H and O–H groups in total. The van der Waals surface area contributed by atoms with Gasteiger partial charge >= 0.3 is 5.97 Å². The predicted octanol–water partition coefficient (Wildman–Crippen LogP) is 0.998. The maximum Gasteiger partial charge on any atom is 0.304 e. The first-order chi connectivity index (χ1) is 9.17. The van der Waals surface area contributed by atoms with Gasteiger partial charge in [0.05, 0.1) is 11.3 Å². The zero-order valence-corrected chi connectivity index (χ0v) is 11.8. The van der Waals surface area contributed by atoms with Crippen LogP contribution in [0.5, 0.6) is 0 Å². The predicted molar refractivity (Wildman–Crippen MR) is 69.9 cm³/mol. The van der Waals surface area contributed by atoms with Crippen LogP contribution in [0.3, 0.4) is 0 Å². The summed E-state index contributed by atoms with van der Waals surface area (Å²) in [6, 6.07) is 3.94. The van der Waals surface area contributed by atoms with Crippen LogP contribution in [-0.4, -0.2) is 42.3 Å². The van der Waals surface area contributed by atoms with Crippen molar-refractivity contribution in [2.45, 2.75) is 18.2 Å². The van der Waals surface area contributed by atoms with E-state index in [0.29, 0.717) is 0 Å². The maximum absolute atomic E-state index is 12.3. The van der Waals surface area contributed by atoms with Crippen LogP contribution < -0.4 is 0 Å². The van der Waals surface area contributed by atoms with Crippen molar-refractivity contribution in [1.82, 2.24) is 4.31 Å². The molecule has 0 aliphatic rings. The van der Waals surface area contributed by atoms with E-state index in [9.17, 15) is 23.3 Å².